The highest BCUT2D eigenvalue weighted by Gasteiger charge is 2.18. The quantitative estimate of drug-likeness (QED) is 0.557. The summed E-state index contributed by atoms with van der Waals surface area (Å²) in [5.41, 5.74) is 3.26. The molecule has 1 atom stereocenters. The monoisotopic (exact) mass is 305 g/mol. The highest BCUT2D eigenvalue weighted by molar-refractivity contribution is 5.93. The van der Waals surface area contributed by atoms with Gasteiger partial charge in [-0.1, -0.05) is 19.1 Å². The Kier molecular flexibility index (Phi) is 6.36. The Hall–Kier alpha value is -1.43. The minimum Gasteiger partial charge on any atom is -0.310 e. The molecule has 0 unspecified atom stereocenters. The van der Waals surface area contributed by atoms with Crippen LogP contribution in [0.4, 0.5) is 0 Å². The van der Waals surface area contributed by atoms with E-state index < -0.39 is 5.91 Å². The predicted molar refractivity (Wildman–Crippen MR) is 87.0 cm³/mol. The van der Waals surface area contributed by atoms with Crippen molar-refractivity contribution in [2.75, 3.05) is 26.2 Å². The third-order valence-electron chi connectivity index (χ3n) is 4.64. The first-order chi connectivity index (χ1) is 10.6. The average Bonchev–Trinajstić information content (AvgIpc) is 2.59. The van der Waals surface area contributed by atoms with Crippen molar-refractivity contribution in [1.29, 1.82) is 0 Å². The standard InChI is InChI=1S/C17H27N3O2/c1-3-20-10-8-14(9-11-20)12-18-13(2)15-4-6-16(7-5-15)17(21)19-22/h4-7,13-14,18,22H,3,8-12H2,1-2H3,(H,19,21)/t13-/m1/s1. The SMILES string of the molecule is CCN1CCC(CN[C@H](C)c2ccc(C(=O)NO)cc2)CC1. The number of carbonyl (C=O) groups is 1. The van der Waals surface area contributed by atoms with Crippen LogP contribution in [0, 0.1) is 5.92 Å². The average molecular weight is 305 g/mol. The molecule has 0 aromatic heterocycles. The molecule has 122 valence electrons. The summed E-state index contributed by atoms with van der Waals surface area (Å²) in [7, 11) is 0. The second-order valence-corrected chi connectivity index (χ2v) is 6.07. The summed E-state index contributed by atoms with van der Waals surface area (Å²) in [5.74, 6) is 0.277. The van der Waals surface area contributed by atoms with Gasteiger partial charge in [0.1, 0.15) is 0 Å². The first-order valence-electron chi connectivity index (χ1n) is 8.14. The summed E-state index contributed by atoms with van der Waals surface area (Å²) in [6, 6.07) is 7.59. The molecule has 22 heavy (non-hydrogen) atoms. The van der Waals surface area contributed by atoms with Crippen LogP contribution in [0.3, 0.4) is 0 Å². The third kappa shape index (κ3) is 4.53. The number of nitrogens with zero attached hydrogens (tertiary/aromatic N) is 1. The van der Waals surface area contributed by atoms with Gasteiger partial charge in [-0.2, -0.15) is 0 Å². The summed E-state index contributed by atoms with van der Waals surface area (Å²) in [4.78, 5) is 13.8. The van der Waals surface area contributed by atoms with Crippen molar-refractivity contribution >= 4 is 5.91 Å². The predicted octanol–water partition coefficient (Wildman–Crippen LogP) is 2.19. The minimum absolute atomic E-state index is 0.260. The van der Waals surface area contributed by atoms with Gasteiger partial charge in [0, 0.05) is 11.6 Å². The van der Waals surface area contributed by atoms with Crippen molar-refractivity contribution in [3.8, 4) is 0 Å². The van der Waals surface area contributed by atoms with Crippen LogP contribution in [0.25, 0.3) is 0 Å². The summed E-state index contributed by atoms with van der Waals surface area (Å²) >= 11 is 0. The molecule has 1 aliphatic rings. The van der Waals surface area contributed by atoms with E-state index in [0.29, 0.717) is 5.56 Å². The summed E-state index contributed by atoms with van der Waals surface area (Å²) in [5, 5.41) is 12.2. The van der Waals surface area contributed by atoms with Gasteiger partial charge in [-0.05, 0) is 69.6 Å². The Morgan fingerprint density at radius 1 is 1.32 bits per heavy atom. The smallest absolute Gasteiger partial charge is 0.274 e. The fraction of sp³-hybridized carbons (Fsp3) is 0.588. The molecule has 1 heterocycles. The number of amides is 1. The second kappa shape index (κ2) is 8.27. The van der Waals surface area contributed by atoms with E-state index in [-0.39, 0.29) is 6.04 Å². The van der Waals surface area contributed by atoms with E-state index in [2.05, 4.69) is 24.1 Å². The van der Waals surface area contributed by atoms with Crippen LogP contribution in [0.1, 0.15) is 48.7 Å². The van der Waals surface area contributed by atoms with Gasteiger partial charge in [-0.15, -0.1) is 0 Å². The molecule has 1 aromatic carbocycles. The Bertz CT molecular complexity index is 467. The molecule has 1 fully saturated rings. The Balaban J connectivity index is 1.80. The van der Waals surface area contributed by atoms with E-state index in [1.165, 1.54) is 25.9 Å². The largest absolute Gasteiger partial charge is 0.310 e. The Labute approximate surface area is 132 Å². The summed E-state index contributed by atoms with van der Waals surface area (Å²) < 4.78 is 0. The first kappa shape index (κ1) is 16.9. The normalized spacial score (nSPS) is 18.1. The molecule has 0 aliphatic carbocycles. The molecule has 1 amide bonds. The van der Waals surface area contributed by atoms with Crippen molar-refractivity contribution in [1.82, 2.24) is 15.7 Å². The number of hydrogen-bond donors (Lipinski definition) is 3. The van der Waals surface area contributed by atoms with Crippen LogP contribution in [0.2, 0.25) is 0 Å². The second-order valence-electron chi connectivity index (χ2n) is 6.07. The molecule has 0 bridgehead atoms. The zero-order valence-electron chi connectivity index (χ0n) is 13.5. The lowest BCUT2D eigenvalue weighted by molar-refractivity contribution is 0.0706. The lowest BCUT2D eigenvalue weighted by atomic mass is 9.96. The van der Waals surface area contributed by atoms with Crippen LogP contribution in [-0.2, 0) is 0 Å². The molecule has 5 heteroatoms. The van der Waals surface area contributed by atoms with E-state index in [1.807, 2.05) is 12.1 Å². The van der Waals surface area contributed by atoms with Gasteiger partial charge in [0.2, 0.25) is 0 Å². The molecular formula is C17H27N3O2. The van der Waals surface area contributed by atoms with Gasteiger partial charge in [-0.25, -0.2) is 5.48 Å². The van der Waals surface area contributed by atoms with E-state index in [0.717, 1.165) is 24.6 Å². The van der Waals surface area contributed by atoms with Crippen molar-refractivity contribution in [2.45, 2.75) is 32.7 Å². The number of likely N-dealkylation sites (tertiary alicyclic amines) is 1. The van der Waals surface area contributed by atoms with Gasteiger partial charge in [0.25, 0.3) is 5.91 Å². The minimum atomic E-state index is -0.477. The maximum atomic E-state index is 11.3. The van der Waals surface area contributed by atoms with Crippen LogP contribution in [0.5, 0.6) is 0 Å². The van der Waals surface area contributed by atoms with Crippen molar-refractivity contribution in [3.63, 3.8) is 0 Å². The van der Waals surface area contributed by atoms with Crippen LogP contribution >= 0.6 is 0 Å². The highest BCUT2D eigenvalue weighted by Crippen LogP contribution is 2.18. The zero-order chi connectivity index (χ0) is 15.9. The van der Waals surface area contributed by atoms with E-state index >= 15 is 0 Å². The molecule has 1 aliphatic heterocycles. The lowest BCUT2D eigenvalue weighted by Gasteiger charge is -2.31. The molecule has 1 aromatic rings. The number of carbonyl (C=O) groups excluding carboxylic acids is 1. The molecule has 0 saturated carbocycles. The van der Waals surface area contributed by atoms with E-state index in [9.17, 15) is 4.79 Å². The lowest BCUT2D eigenvalue weighted by Crippen LogP contribution is -2.37. The van der Waals surface area contributed by atoms with Crippen molar-refractivity contribution < 1.29 is 10.0 Å². The van der Waals surface area contributed by atoms with E-state index in [4.69, 9.17) is 5.21 Å². The van der Waals surface area contributed by atoms with Crippen molar-refractivity contribution in [3.05, 3.63) is 35.4 Å². The number of hydroxylamine groups is 1. The summed E-state index contributed by atoms with van der Waals surface area (Å²) in [6.07, 6.45) is 2.53. The number of piperidine rings is 1. The Morgan fingerprint density at radius 2 is 1.95 bits per heavy atom. The fourth-order valence-corrected chi connectivity index (χ4v) is 2.96. The molecule has 5 nitrogen and oxygen atoms in total. The van der Waals surface area contributed by atoms with Crippen LogP contribution < -0.4 is 10.8 Å². The van der Waals surface area contributed by atoms with Gasteiger partial charge in [0.05, 0.1) is 0 Å². The van der Waals surface area contributed by atoms with Crippen molar-refractivity contribution in [2.24, 2.45) is 5.92 Å². The fourth-order valence-electron chi connectivity index (χ4n) is 2.96. The maximum absolute atomic E-state index is 11.3. The first-order valence-corrected chi connectivity index (χ1v) is 8.14. The summed E-state index contributed by atoms with van der Waals surface area (Å²) in [6.45, 7) is 8.98. The van der Waals surface area contributed by atoms with Crippen LogP contribution in [-0.4, -0.2) is 42.2 Å². The number of hydrogen-bond acceptors (Lipinski definition) is 4. The molecule has 2 rings (SSSR count). The van der Waals surface area contributed by atoms with Gasteiger partial charge < -0.3 is 10.2 Å². The van der Waals surface area contributed by atoms with Gasteiger partial charge in [0.15, 0.2) is 0 Å². The van der Waals surface area contributed by atoms with Crippen LogP contribution in [0.15, 0.2) is 24.3 Å². The van der Waals surface area contributed by atoms with Gasteiger partial charge >= 0.3 is 0 Å². The number of nitrogens with one attached hydrogen (secondary N) is 2. The molecule has 3 N–H and O–H groups in total. The van der Waals surface area contributed by atoms with Gasteiger partial charge in [-0.3, -0.25) is 10.0 Å². The zero-order valence-corrected chi connectivity index (χ0v) is 13.5. The molecule has 0 radical (unpaired) electrons. The Morgan fingerprint density at radius 3 is 2.50 bits per heavy atom. The maximum Gasteiger partial charge on any atom is 0.274 e. The highest BCUT2D eigenvalue weighted by atomic mass is 16.5. The number of benzene rings is 1. The molecule has 1 saturated heterocycles. The topological polar surface area (TPSA) is 64.6 Å². The number of rotatable bonds is 6. The molecule has 0 spiro atoms. The molecular weight excluding hydrogens is 278 g/mol. The third-order valence-corrected chi connectivity index (χ3v) is 4.64. The van der Waals surface area contributed by atoms with E-state index in [1.54, 1.807) is 17.6 Å².